The van der Waals surface area contributed by atoms with Crippen molar-refractivity contribution in [3.05, 3.63) is 18.3 Å². The highest BCUT2D eigenvalue weighted by molar-refractivity contribution is 7.89. The molecule has 2 N–H and O–H groups in total. The SMILES string of the molecule is CCN(CCNS(=O)(=O)c1ccnc(NC)c1)C1CC1. The fraction of sp³-hybridized carbons (Fsp3) is 0.615. The Labute approximate surface area is 120 Å². The maximum Gasteiger partial charge on any atom is 0.240 e. The van der Waals surface area contributed by atoms with Crippen molar-refractivity contribution in [2.45, 2.75) is 30.7 Å². The smallest absolute Gasteiger partial charge is 0.240 e. The maximum atomic E-state index is 12.2. The second-order valence-corrected chi connectivity index (χ2v) is 6.65. The summed E-state index contributed by atoms with van der Waals surface area (Å²) < 4.78 is 27.0. The van der Waals surface area contributed by atoms with E-state index >= 15 is 0 Å². The van der Waals surface area contributed by atoms with Crippen LogP contribution in [-0.4, -0.2) is 51.0 Å². The van der Waals surface area contributed by atoms with E-state index in [1.807, 2.05) is 0 Å². The molecule has 1 aromatic rings. The molecule has 1 heterocycles. The minimum Gasteiger partial charge on any atom is -0.373 e. The number of rotatable bonds is 8. The van der Waals surface area contributed by atoms with Crippen molar-refractivity contribution in [2.75, 3.05) is 32.0 Å². The Kier molecular flexibility index (Phi) is 4.95. The summed E-state index contributed by atoms with van der Waals surface area (Å²) in [4.78, 5) is 6.57. The van der Waals surface area contributed by atoms with E-state index in [1.165, 1.54) is 31.2 Å². The highest BCUT2D eigenvalue weighted by atomic mass is 32.2. The number of hydrogen-bond acceptors (Lipinski definition) is 5. The summed E-state index contributed by atoms with van der Waals surface area (Å²) in [7, 11) is -1.75. The predicted molar refractivity (Wildman–Crippen MR) is 79.2 cm³/mol. The lowest BCUT2D eigenvalue weighted by Crippen LogP contribution is -2.36. The standard InChI is InChI=1S/C13H22N4O2S/c1-3-17(11-4-5-11)9-8-16-20(18,19)12-6-7-15-13(10-12)14-2/h6-7,10-11,16H,3-5,8-9H2,1-2H3,(H,14,15). The first-order chi connectivity index (χ1) is 9.56. The van der Waals surface area contributed by atoms with Crippen LogP contribution in [0.5, 0.6) is 0 Å². The lowest BCUT2D eigenvalue weighted by Gasteiger charge is -2.19. The molecule has 1 fully saturated rings. The molecule has 0 bridgehead atoms. The number of anilines is 1. The zero-order valence-electron chi connectivity index (χ0n) is 12.0. The summed E-state index contributed by atoms with van der Waals surface area (Å²) in [5.74, 6) is 0.543. The van der Waals surface area contributed by atoms with Crippen molar-refractivity contribution in [1.29, 1.82) is 0 Å². The van der Waals surface area contributed by atoms with Gasteiger partial charge < -0.3 is 5.32 Å². The molecule has 0 aliphatic heterocycles. The number of pyridine rings is 1. The van der Waals surface area contributed by atoms with Crippen LogP contribution in [0.2, 0.25) is 0 Å². The number of hydrogen-bond donors (Lipinski definition) is 2. The molecule has 1 saturated carbocycles. The summed E-state index contributed by atoms with van der Waals surface area (Å²) in [5.41, 5.74) is 0. The molecule has 0 saturated heterocycles. The Morgan fingerprint density at radius 3 is 2.80 bits per heavy atom. The molecule has 0 unspecified atom stereocenters. The van der Waals surface area contributed by atoms with Crippen LogP contribution in [0.25, 0.3) is 0 Å². The summed E-state index contributed by atoms with van der Waals surface area (Å²) in [5, 5.41) is 2.83. The highest BCUT2D eigenvalue weighted by Crippen LogP contribution is 2.25. The molecule has 0 atom stereocenters. The van der Waals surface area contributed by atoms with Crippen LogP contribution in [0, 0.1) is 0 Å². The molecule has 7 heteroatoms. The van der Waals surface area contributed by atoms with E-state index in [9.17, 15) is 8.42 Å². The highest BCUT2D eigenvalue weighted by Gasteiger charge is 2.27. The number of likely N-dealkylation sites (N-methyl/N-ethyl adjacent to an activating group) is 1. The van der Waals surface area contributed by atoms with Crippen LogP contribution in [0.3, 0.4) is 0 Å². The molecule has 1 aromatic heterocycles. The molecule has 0 radical (unpaired) electrons. The first-order valence-corrected chi connectivity index (χ1v) is 8.42. The summed E-state index contributed by atoms with van der Waals surface area (Å²) in [6.07, 6.45) is 3.95. The van der Waals surface area contributed by atoms with E-state index < -0.39 is 10.0 Å². The number of nitrogens with zero attached hydrogens (tertiary/aromatic N) is 2. The Morgan fingerprint density at radius 2 is 2.20 bits per heavy atom. The van der Waals surface area contributed by atoms with Crippen LogP contribution in [0.4, 0.5) is 5.82 Å². The van der Waals surface area contributed by atoms with Gasteiger partial charge in [0.2, 0.25) is 10.0 Å². The third-order valence-corrected chi connectivity index (χ3v) is 4.92. The minimum absolute atomic E-state index is 0.242. The average molecular weight is 298 g/mol. The fourth-order valence-electron chi connectivity index (χ4n) is 2.16. The van der Waals surface area contributed by atoms with Gasteiger partial charge in [0, 0.05) is 38.4 Å². The Balaban J connectivity index is 1.92. The Morgan fingerprint density at radius 1 is 1.45 bits per heavy atom. The molecule has 20 heavy (non-hydrogen) atoms. The molecule has 6 nitrogen and oxygen atoms in total. The first kappa shape index (κ1) is 15.2. The largest absolute Gasteiger partial charge is 0.373 e. The van der Waals surface area contributed by atoms with E-state index in [-0.39, 0.29) is 4.90 Å². The van der Waals surface area contributed by atoms with Gasteiger partial charge in [0.1, 0.15) is 5.82 Å². The van der Waals surface area contributed by atoms with Gasteiger partial charge in [-0.05, 0) is 25.5 Å². The lowest BCUT2D eigenvalue weighted by molar-refractivity contribution is 0.282. The third-order valence-electron chi connectivity index (χ3n) is 3.46. The predicted octanol–water partition coefficient (Wildman–Crippen LogP) is 0.886. The summed E-state index contributed by atoms with van der Waals surface area (Å²) in [6, 6.07) is 3.68. The molecular weight excluding hydrogens is 276 g/mol. The van der Waals surface area contributed by atoms with Gasteiger partial charge in [-0.15, -0.1) is 0 Å². The van der Waals surface area contributed by atoms with Crippen molar-refractivity contribution in [2.24, 2.45) is 0 Å². The lowest BCUT2D eigenvalue weighted by atomic mass is 10.4. The molecular formula is C13H22N4O2S. The number of nitrogens with one attached hydrogen (secondary N) is 2. The van der Waals surface area contributed by atoms with Crippen LogP contribution in [-0.2, 0) is 10.0 Å². The van der Waals surface area contributed by atoms with Gasteiger partial charge in [-0.25, -0.2) is 18.1 Å². The first-order valence-electron chi connectivity index (χ1n) is 6.94. The van der Waals surface area contributed by atoms with E-state index in [2.05, 4.69) is 26.8 Å². The van der Waals surface area contributed by atoms with E-state index in [1.54, 1.807) is 7.05 Å². The molecule has 1 aliphatic rings. The van der Waals surface area contributed by atoms with Crippen molar-refractivity contribution in [3.63, 3.8) is 0 Å². The van der Waals surface area contributed by atoms with Gasteiger partial charge in [0.05, 0.1) is 4.90 Å². The average Bonchev–Trinajstić information content (AvgIpc) is 3.28. The van der Waals surface area contributed by atoms with Crippen molar-refractivity contribution >= 4 is 15.8 Å². The monoisotopic (exact) mass is 298 g/mol. The Hall–Kier alpha value is -1.18. The molecule has 112 valence electrons. The van der Waals surface area contributed by atoms with Crippen molar-refractivity contribution in [3.8, 4) is 0 Å². The van der Waals surface area contributed by atoms with Crippen LogP contribution in [0.1, 0.15) is 19.8 Å². The van der Waals surface area contributed by atoms with Crippen molar-refractivity contribution < 1.29 is 8.42 Å². The number of aromatic nitrogens is 1. The maximum absolute atomic E-state index is 12.2. The number of sulfonamides is 1. The summed E-state index contributed by atoms with van der Waals surface area (Å²) >= 11 is 0. The molecule has 1 aliphatic carbocycles. The third kappa shape index (κ3) is 3.91. The van der Waals surface area contributed by atoms with Crippen molar-refractivity contribution in [1.82, 2.24) is 14.6 Å². The minimum atomic E-state index is -3.46. The second-order valence-electron chi connectivity index (χ2n) is 4.88. The zero-order chi connectivity index (χ0) is 14.6. The molecule has 0 amide bonds. The topological polar surface area (TPSA) is 74.3 Å². The molecule has 0 aromatic carbocycles. The zero-order valence-corrected chi connectivity index (χ0v) is 12.8. The van der Waals surface area contributed by atoms with Gasteiger partial charge in [-0.2, -0.15) is 0 Å². The normalized spacial score (nSPS) is 15.6. The van der Waals surface area contributed by atoms with Gasteiger partial charge in [0.15, 0.2) is 0 Å². The van der Waals surface area contributed by atoms with Gasteiger partial charge in [-0.1, -0.05) is 6.92 Å². The van der Waals surface area contributed by atoms with Crippen LogP contribution < -0.4 is 10.0 Å². The quantitative estimate of drug-likeness (QED) is 0.745. The van der Waals surface area contributed by atoms with Gasteiger partial charge >= 0.3 is 0 Å². The van der Waals surface area contributed by atoms with Gasteiger partial charge in [-0.3, -0.25) is 4.90 Å². The Bertz CT molecular complexity index is 543. The van der Waals surface area contributed by atoms with Gasteiger partial charge in [0.25, 0.3) is 0 Å². The molecule has 2 rings (SSSR count). The van der Waals surface area contributed by atoms with Crippen LogP contribution in [0.15, 0.2) is 23.2 Å². The molecule has 0 spiro atoms. The van der Waals surface area contributed by atoms with E-state index in [0.717, 1.165) is 13.1 Å². The van der Waals surface area contributed by atoms with Crippen LogP contribution >= 0.6 is 0 Å². The second kappa shape index (κ2) is 6.51. The van der Waals surface area contributed by atoms with E-state index in [4.69, 9.17) is 0 Å². The van der Waals surface area contributed by atoms with E-state index in [0.29, 0.717) is 18.4 Å². The fourth-order valence-corrected chi connectivity index (χ4v) is 3.19. The summed E-state index contributed by atoms with van der Waals surface area (Å²) in [6.45, 7) is 4.26.